The van der Waals surface area contributed by atoms with E-state index in [1.807, 2.05) is 13.8 Å². The SMILES string of the molecule is CC[C@H](C)NC(=O)c1cccc(NC(=O)[C@@H]2CCCC[C@@H]2C(=O)O)c1. The van der Waals surface area contributed by atoms with Crippen molar-refractivity contribution in [1.82, 2.24) is 5.32 Å². The van der Waals surface area contributed by atoms with Crippen LogP contribution in [0.4, 0.5) is 5.69 Å². The summed E-state index contributed by atoms with van der Waals surface area (Å²) in [5, 5.41) is 15.0. The predicted octanol–water partition coefficient (Wildman–Crippen LogP) is 3.04. The summed E-state index contributed by atoms with van der Waals surface area (Å²) >= 11 is 0. The van der Waals surface area contributed by atoms with Gasteiger partial charge in [-0.05, 0) is 44.4 Å². The van der Waals surface area contributed by atoms with Gasteiger partial charge in [-0.15, -0.1) is 0 Å². The van der Waals surface area contributed by atoms with Gasteiger partial charge in [0.2, 0.25) is 5.91 Å². The molecular weight excluding hydrogens is 320 g/mol. The van der Waals surface area contributed by atoms with E-state index in [1.165, 1.54) is 0 Å². The van der Waals surface area contributed by atoms with E-state index >= 15 is 0 Å². The maximum atomic E-state index is 12.5. The molecule has 1 saturated carbocycles. The highest BCUT2D eigenvalue weighted by Gasteiger charge is 2.35. The Morgan fingerprint density at radius 2 is 1.88 bits per heavy atom. The van der Waals surface area contributed by atoms with Crippen molar-refractivity contribution < 1.29 is 19.5 Å². The van der Waals surface area contributed by atoms with Gasteiger partial charge in [-0.2, -0.15) is 0 Å². The number of hydrogen-bond donors (Lipinski definition) is 3. The molecule has 1 aliphatic rings. The van der Waals surface area contributed by atoms with Crippen molar-refractivity contribution in [2.24, 2.45) is 11.8 Å². The van der Waals surface area contributed by atoms with Gasteiger partial charge in [-0.25, -0.2) is 0 Å². The Morgan fingerprint density at radius 3 is 2.52 bits per heavy atom. The van der Waals surface area contributed by atoms with E-state index in [2.05, 4.69) is 10.6 Å². The molecule has 3 N–H and O–H groups in total. The Labute approximate surface area is 148 Å². The molecule has 136 valence electrons. The third kappa shape index (κ3) is 5.05. The van der Waals surface area contributed by atoms with Crippen LogP contribution >= 0.6 is 0 Å². The largest absolute Gasteiger partial charge is 0.481 e. The second-order valence-electron chi connectivity index (χ2n) is 6.69. The van der Waals surface area contributed by atoms with Gasteiger partial charge in [0.25, 0.3) is 5.91 Å². The maximum Gasteiger partial charge on any atom is 0.307 e. The Balaban J connectivity index is 2.07. The fourth-order valence-corrected chi connectivity index (χ4v) is 3.12. The molecule has 0 heterocycles. The number of benzene rings is 1. The summed E-state index contributed by atoms with van der Waals surface area (Å²) in [5.74, 6) is -2.55. The van der Waals surface area contributed by atoms with Crippen molar-refractivity contribution >= 4 is 23.5 Å². The van der Waals surface area contributed by atoms with Crippen molar-refractivity contribution in [3.05, 3.63) is 29.8 Å². The van der Waals surface area contributed by atoms with Crippen LogP contribution in [-0.4, -0.2) is 28.9 Å². The Hall–Kier alpha value is -2.37. The molecular formula is C19H26N2O4. The fourth-order valence-electron chi connectivity index (χ4n) is 3.12. The number of carbonyl (C=O) groups is 3. The maximum absolute atomic E-state index is 12.5. The van der Waals surface area contributed by atoms with Gasteiger partial charge in [0.05, 0.1) is 11.8 Å². The van der Waals surface area contributed by atoms with Crippen molar-refractivity contribution in [3.8, 4) is 0 Å². The average Bonchev–Trinajstić information content (AvgIpc) is 2.61. The van der Waals surface area contributed by atoms with Gasteiger partial charge in [0, 0.05) is 17.3 Å². The minimum absolute atomic E-state index is 0.0734. The molecule has 2 amide bonds. The molecule has 0 aromatic heterocycles. The van der Waals surface area contributed by atoms with Crippen molar-refractivity contribution in [2.75, 3.05) is 5.32 Å². The molecule has 1 aromatic carbocycles. The first-order chi connectivity index (χ1) is 11.9. The molecule has 0 unspecified atom stereocenters. The lowest BCUT2D eigenvalue weighted by molar-refractivity contribution is -0.147. The number of carboxylic acid groups (broad SMARTS) is 1. The highest BCUT2D eigenvalue weighted by molar-refractivity contribution is 5.98. The number of nitrogens with one attached hydrogen (secondary N) is 2. The molecule has 6 heteroatoms. The third-order valence-electron chi connectivity index (χ3n) is 4.80. The fraction of sp³-hybridized carbons (Fsp3) is 0.526. The van der Waals surface area contributed by atoms with Crippen molar-refractivity contribution in [1.29, 1.82) is 0 Å². The molecule has 1 aliphatic carbocycles. The van der Waals surface area contributed by atoms with Crippen LogP contribution in [0.3, 0.4) is 0 Å². The van der Waals surface area contributed by atoms with E-state index in [9.17, 15) is 19.5 Å². The zero-order chi connectivity index (χ0) is 18.4. The molecule has 2 rings (SSSR count). The molecule has 0 aliphatic heterocycles. The lowest BCUT2D eigenvalue weighted by atomic mass is 9.78. The normalized spacial score (nSPS) is 21.2. The van der Waals surface area contributed by atoms with Gasteiger partial charge >= 0.3 is 5.97 Å². The Bertz CT molecular complexity index is 644. The van der Waals surface area contributed by atoms with E-state index in [-0.39, 0.29) is 17.9 Å². The molecule has 1 aromatic rings. The van der Waals surface area contributed by atoms with Crippen LogP contribution in [-0.2, 0) is 9.59 Å². The van der Waals surface area contributed by atoms with E-state index < -0.39 is 17.8 Å². The minimum atomic E-state index is -0.915. The molecule has 25 heavy (non-hydrogen) atoms. The third-order valence-corrected chi connectivity index (χ3v) is 4.80. The predicted molar refractivity (Wildman–Crippen MR) is 95.4 cm³/mol. The number of amides is 2. The summed E-state index contributed by atoms with van der Waals surface area (Å²) in [5.41, 5.74) is 0.980. The summed E-state index contributed by atoms with van der Waals surface area (Å²) < 4.78 is 0. The van der Waals surface area contributed by atoms with Gasteiger partial charge in [0.15, 0.2) is 0 Å². The number of anilines is 1. The number of carboxylic acids is 1. The van der Waals surface area contributed by atoms with E-state index in [4.69, 9.17) is 0 Å². The molecule has 0 radical (unpaired) electrons. The zero-order valence-corrected chi connectivity index (χ0v) is 14.7. The van der Waals surface area contributed by atoms with Crippen LogP contribution in [0.15, 0.2) is 24.3 Å². The molecule has 0 bridgehead atoms. The monoisotopic (exact) mass is 346 g/mol. The van der Waals surface area contributed by atoms with E-state index in [1.54, 1.807) is 24.3 Å². The average molecular weight is 346 g/mol. The Kier molecular flexibility index (Phi) is 6.56. The smallest absolute Gasteiger partial charge is 0.307 e. The topological polar surface area (TPSA) is 95.5 Å². The van der Waals surface area contributed by atoms with Crippen LogP contribution < -0.4 is 10.6 Å². The van der Waals surface area contributed by atoms with Gasteiger partial charge < -0.3 is 15.7 Å². The first-order valence-electron chi connectivity index (χ1n) is 8.87. The van der Waals surface area contributed by atoms with E-state index in [0.29, 0.717) is 24.1 Å². The van der Waals surface area contributed by atoms with Crippen LogP contribution in [0.2, 0.25) is 0 Å². The number of aliphatic carboxylic acids is 1. The standard InChI is InChI=1S/C19H26N2O4/c1-3-12(2)20-17(22)13-7-6-8-14(11-13)21-18(23)15-9-4-5-10-16(15)19(24)25/h6-8,11-12,15-16H,3-5,9-10H2,1-2H3,(H,20,22)(H,21,23)(H,24,25)/t12-,15+,16-/m0/s1. The van der Waals surface area contributed by atoms with Gasteiger partial charge in [0.1, 0.15) is 0 Å². The molecule has 3 atom stereocenters. The number of rotatable bonds is 6. The lowest BCUT2D eigenvalue weighted by Gasteiger charge is -2.27. The van der Waals surface area contributed by atoms with Crippen LogP contribution in [0.5, 0.6) is 0 Å². The highest BCUT2D eigenvalue weighted by atomic mass is 16.4. The van der Waals surface area contributed by atoms with E-state index in [0.717, 1.165) is 19.3 Å². The molecule has 0 saturated heterocycles. The van der Waals surface area contributed by atoms with Crippen LogP contribution in [0, 0.1) is 11.8 Å². The quantitative estimate of drug-likeness (QED) is 0.738. The molecule has 0 spiro atoms. The first-order valence-corrected chi connectivity index (χ1v) is 8.87. The Morgan fingerprint density at radius 1 is 1.20 bits per heavy atom. The summed E-state index contributed by atoms with van der Waals surface area (Å²) in [6.45, 7) is 3.92. The second-order valence-corrected chi connectivity index (χ2v) is 6.69. The first kappa shape index (κ1) is 19.0. The summed E-state index contributed by atoms with van der Waals surface area (Å²) in [6.07, 6.45) is 3.65. The zero-order valence-electron chi connectivity index (χ0n) is 14.7. The summed E-state index contributed by atoms with van der Waals surface area (Å²) in [6, 6.07) is 6.79. The second kappa shape index (κ2) is 8.65. The summed E-state index contributed by atoms with van der Waals surface area (Å²) in [4.78, 5) is 36.1. The van der Waals surface area contributed by atoms with Crippen molar-refractivity contribution in [2.45, 2.75) is 52.0 Å². The number of hydrogen-bond acceptors (Lipinski definition) is 3. The van der Waals surface area contributed by atoms with Gasteiger partial charge in [-0.1, -0.05) is 25.8 Å². The number of carbonyl (C=O) groups excluding carboxylic acids is 2. The van der Waals surface area contributed by atoms with Crippen LogP contribution in [0.1, 0.15) is 56.3 Å². The highest BCUT2D eigenvalue weighted by Crippen LogP contribution is 2.31. The minimum Gasteiger partial charge on any atom is -0.481 e. The lowest BCUT2D eigenvalue weighted by Crippen LogP contribution is -2.36. The van der Waals surface area contributed by atoms with Crippen molar-refractivity contribution in [3.63, 3.8) is 0 Å². The van der Waals surface area contributed by atoms with Gasteiger partial charge in [-0.3, -0.25) is 14.4 Å². The molecule has 1 fully saturated rings. The molecule has 6 nitrogen and oxygen atoms in total. The van der Waals surface area contributed by atoms with Crippen LogP contribution in [0.25, 0.3) is 0 Å². The summed E-state index contributed by atoms with van der Waals surface area (Å²) in [7, 11) is 0.